The minimum absolute atomic E-state index is 0.00954. The largest absolute Gasteiger partial charge is 0.354 e. The molecule has 0 aliphatic carbocycles. The van der Waals surface area contributed by atoms with Gasteiger partial charge in [-0.3, -0.25) is 9.59 Å². The number of hydrogen-bond acceptors (Lipinski definition) is 2. The third-order valence-electron chi connectivity index (χ3n) is 3.36. The third-order valence-corrected chi connectivity index (χ3v) is 3.62. The van der Waals surface area contributed by atoms with Gasteiger partial charge in [0.25, 0.3) is 5.91 Å². The maximum absolute atomic E-state index is 12.2. The number of carbonyl (C=O) groups is 2. The van der Waals surface area contributed by atoms with Gasteiger partial charge in [-0.05, 0) is 42.5 Å². The Kier molecular flexibility index (Phi) is 7.39. The van der Waals surface area contributed by atoms with Crippen LogP contribution in [0.2, 0.25) is 5.02 Å². The molecule has 0 fully saturated rings. The molecule has 5 heteroatoms. The van der Waals surface area contributed by atoms with Gasteiger partial charge < -0.3 is 10.6 Å². The van der Waals surface area contributed by atoms with Crippen LogP contribution in [0.4, 0.5) is 0 Å². The number of hydrogen-bond donors (Lipinski definition) is 2. The molecule has 0 saturated carbocycles. The summed E-state index contributed by atoms with van der Waals surface area (Å²) >= 11 is 5.81. The Hall–Kier alpha value is -1.55. The van der Waals surface area contributed by atoms with Gasteiger partial charge in [-0.15, -0.1) is 0 Å². The Labute approximate surface area is 137 Å². The molecule has 0 heterocycles. The van der Waals surface area contributed by atoms with Gasteiger partial charge in [0.1, 0.15) is 6.04 Å². The smallest absolute Gasteiger partial charge is 0.251 e. The van der Waals surface area contributed by atoms with Crippen LogP contribution in [-0.4, -0.2) is 24.4 Å². The van der Waals surface area contributed by atoms with E-state index in [2.05, 4.69) is 24.5 Å². The first-order valence-electron chi connectivity index (χ1n) is 7.65. The minimum atomic E-state index is -0.546. The second-order valence-electron chi connectivity index (χ2n) is 6.18. The summed E-state index contributed by atoms with van der Waals surface area (Å²) in [5.74, 6) is 0.129. The Morgan fingerprint density at radius 3 is 2.18 bits per heavy atom. The molecular formula is C17H25ClN2O2. The maximum atomic E-state index is 12.2. The molecule has 4 nitrogen and oxygen atoms in total. The topological polar surface area (TPSA) is 58.2 Å². The molecule has 122 valence electrons. The molecule has 0 aromatic heterocycles. The first kappa shape index (κ1) is 18.5. The van der Waals surface area contributed by atoms with Crippen LogP contribution >= 0.6 is 11.6 Å². The fourth-order valence-corrected chi connectivity index (χ4v) is 2.08. The van der Waals surface area contributed by atoms with E-state index in [1.807, 2.05) is 13.8 Å². The molecule has 2 amide bonds. The van der Waals surface area contributed by atoms with Crippen molar-refractivity contribution >= 4 is 23.4 Å². The van der Waals surface area contributed by atoms with Crippen molar-refractivity contribution in [2.24, 2.45) is 11.8 Å². The fourth-order valence-electron chi connectivity index (χ4n) is 1.95. The molecule has 0 radical (unpaired) electrons. The second-order valence-corrected chi connectivity index (χ2v) is 6.61. The predicted octanol–water partition coefficient (Wildman–Crippen LogP) is 3.26. The lowest BCUT2D eigenvalue weighted by Crippen LogP contribution is -2.50. The highest BCUT2D eigenvalue weighted by Crippen LogP contribution is 2.10. The standard InChI is InChI=1S/C17H25ClN2O2/c1-11(2)9-10-19-17(22)15(12(3)4)20-16(21)13-5-7-14(18)8-6-13/h5-8,11-12,15H,9-10H2,1-4H3,(H,19,22)(H,20,21)/t15-/m0/s1. The zero-order chi connectivity index (χ0) is 16.7. The Morgan fingerprint density at radius 2 is 1.68 bits per heavy atom. The highest BCUT2D eigenvalue weighted by Gasteiger charge is 2.24. The second kappa shape index (κ2) is 8.79. The summed E-state index contributed by atoms with van der Waals surface area (Å²) in [6, 6.07) is 6.06. The Balaban J connectivity index is 2.65. The van der Waals surface area contributed by atoms with Crippen LogP contribution in [0.25, 0.3) is 0 Å². The summed E-state index contributed by atoms with van der Waals surface area (Å²) in [5.41, 5.74) is 0.491. The third kappa shape index (κ3) is 6.06. The van der Waals surface area contributed by atoms with Crippen molar-refractivity contribution in [1.82, 2.24) is 10.6 Å². The molecule has 1 aromatic rings. The van der Waals surface area contributed by atoms with Crippen LogP contribution in [0.3, 0.4) is 0 Å². The van der Waals surface area contributed by atoms with Crippen LogP contribution in [0.15, 0.2) is 24.3 Å². The van der Waals surface area contributed by atoms with Gasteiger partial charge >= 0.3 is 0 Å². The van der Waals surface area contributed by atoms with Crippen LogP contribution in [0, 0.1) is 11.8 Å². The molecule has 0 unspecified atom stereocenters. The summed E-state index contributed by atoms with van der Waals surface area (Å²) in [4.78, 5) is 24.5. The van der Waals surface area contributed by atoms with E-state index in [9.17, 15) is 9.59 Å². The average Bonchev–Trinajstić information content (AvgIpc) is 2.44. The van der Waals surface area contributed by atoms with Crippen LogP contribution < -0.4 is 10.6 Å². The van der Waals surface area contributed by atoms with E-state index < -0.39 is 6.04 Å². The average molecular weight is 325 g/mol. The molecule has 1 rings (SSSR count). The van der Waals surface area contributed by atoms with Crippen LogP contribution in [-0.2, 0) is 4.79 Å². The Bertz CT molecular complexity index is 498. The zero-order valence-corrected chi connectivity index (χ0v) is 14.4. The number of rotatable bonds is 7. The van der Waals surface area contributed by atoms with Crippen molar-refractivity contribution in [3.05, 3.63) is 34.9 Å². The molecule has 0 spiro atoms. The molecule has 0 aliphatic rings. The summed E-state index contributed by atoms with van der Waals surface area (Å²) in [7, 11) is 0. The van der Waals surface area contributed by atoms with Crippen molar-refractivity contribution < 1.29 is 9.59 Å². The van der Waals surface area contributed by atoms with E-state index in [-0.39, 0.29) is 17.7 Å². The molecule has 22 heavy (non-hydrogen) atoms. The Morgan fingerprint density at radius 1 is 1.09 bits per heavy atom. The first-order valence-corrected chi connectivity index (χ1v) is 8.03. The minimum Gasteiger partial charge on any atom is -0.354 e. The van der Waals surface area contributed by atoms with Gasteiger partial charge in [-0.25, -0.2) is 0 Å². The van der Waals surface area contributed by atoms with E-state index in [1.54, 1.807) is 24.3 Å². The monoisotopic (exact) mass is 324 g/mol. The van der Waals surface area contributed by atoms with Gasteiger partial charge in [-0.2, -0.15) is 0 Å². The lowest BCUT2D eigenvalue weighted by atomic mass is 10.0. The first-order chi connectivity index (χ1) is 10.3. The summed E-state index contributed by atoms with van der Waals surface area (Å²) in [5, 5.41) is 6.26. The van der Waals surface area contributed by atoms with Crippen molar-refractivity contribution in [3.8, 4) is 0 Å². The lowest BCUT2D eigenvalue weighted by Gasteiger charge is -2.22. The number of carbonyl (C=O) groups excluding carboxylic acids is 2. The van der Waals surface area contributed by atoms with E-state index in [0.29, 0.717) is 23.0 Å². The summed E-state index contributed by atoms with van der Waals surface area (Å²) in [6.45, 7) is 8.66. The SMILES string of the molecule is CC(C)CCNC(=O)[C@@H](NC(=O)c1ccc(Cl)cc1)C(C)C. The predicted molar refractivity (Wildman–Crippen MR) is 90.0 cm³/mol. The van der Waals surface area contributed by atoms with Crippen molar-refractivity contribution in [3.63, 3.8) is 0 Å². The number of halogens is 1. The van der Waals surface area contributed by atoms with Gasteiger partial charge in [0.05, 0.1) is 0 Å². The molecule has 2 N–H and O–H groups in total. The van der Waals surface area contributed by atoms with Gasteiger partial charge in [0.15, 0.2) is 0 Å². The zero-order valence-electron chi connectivity index (χ0n) is 13.7. The highest BCUT2D eigenvalue weighted by molar-refractivity contribution is 6.30. The quantitative estimate of drug-likeness (QED) is 0.808. The lowest BCUT2D eigenvalue weighted by molar-refractivity contribution is -0.123. The highest BCUT2D eigenvalue weighted by atomic mass is 35.5. The van der Waals surface area contributed by atoms with Crippen LogP contribution in [0.1, 0.15) is 44.5 Å². The number of benzene rings is 1. The molecular weight excluding hydrogens is 300 g/mol. The summed E-state index contributed by atoms with van der Waals surface area (Å²) < 4.78 is 0. The molecule has 0 bridgehead atoms. The van der Waals surface area contributed by atoms with E-state index >= 15 is 0 Å². The van der Waals surface area contributed by atoms with Gasteiger partial charge in [0, 0.05) is 17.1 Å². The number of nitrogens with one attached hydrogen (secondary N) is 2. The molecule has 1 atom stereocenters. The normalized spacial score (nSPS) is 12.3. The summed E-state index contributed by atoms with van der Waals surface area (Å²) in [6.07, 6.45) is 0.918. The van der Waals surface area contributed by atoms with E-state index in [0.717, 1.165) is 6.42 Å². The maximum Gasteiger partial charge on any atom is 0.251 e. The number of amides is 2. The molecule has 0 aliphatic heterocycles. The molecule has 1 aromatic carbocycles. The molecule has 0 saturated heterocycles. The van der Waals surface area contributed by atoms with Gasteiger partial charge in [-0.1, -0.05) is 39.3 Å². The van der Waals surface area contributed by atoms with Crippen molar-refractivity contribution in [2.75, 3.05) is 6.54 Å². The van der Waals surface area contributed by atoms with Gasteiger partial charge in [0.2, 0.25) is 5.91 Å². The van der Waals surface area contributed by atoms with E-state index in [4.69, 9.17) is 11.6 Å². The fraction of sp³-hybridized carbons (Fsp3) is 0.529. The van der Waals surface area contributed by atoms with Crippen molar-refractivity contribution in [1.29, 1.82) is 0 Å². The van der Waals surface area contributed by atoms with E-state index in [1.165, 1.54) is 0 Å². The van der Waals surface area contributed by atoms with Crippen LogP contribution in [0.5, 0.6) is 0 Å². The van der Waals surface area contributed by atoms with Crippen molar-refractivity contribution in [2.45, 2.75) is 40.2 Å².